The van der Waals surface area contributed by atoms with Crippen LogP contribution in [0, 0.1) is 5.41 Å². The Labute approximate surface area is 188 Å². The highest BCUT2D eigenvalue weighted by atomic mass is 16.3. The van der Waals surface area contributed by atoms with Crippen LogP contribution in [0.1, 0.15) is 38.3 Å². The van der Waals surface area contributed by atoms with Crippen LogP contribution in [0.15, 0.2) is 66.7 Å². The monoisotopic (exact) mass is 424 g/mol. The molecule has 0 radical (unpaired) electrons. The summed E-state index contributed by atoms with van der Waals surface area (Å²) in [4.78, 5) is 16.3. The number of aromatic nitrogens is 1. The molecule has 1 aliphatic heterocycles. The van der Waals surface area contributed by atoms with Gasteiger partial charge in [-0.1, -0.05) is 69.3 Å². The average Bonchev–Trinajstić information content (AvgIpc) is 3.11. The van der Waals surface area contributed by atoms with Crippen molar-refractivity contribution in [1.82, 2.24) is 9.47 Å². The molecular formula is C28H28N2O2. The van der Waals surface area contributed by atoms with Gasteiger partial charge in [0, 0.05) is 28.8 Å². The van der Waals surface area contributed by atoms with Crippen molar-refractivity contribution < 1.29 is 9.90 Å². The van der Waals surface area contributed by atoms with Crippen molar-refractivity contribution in [3.8, 4) is 5.75 Å². The molecule has 1 fully saturated rings. The Bertz CT molecular complexity index is 1350. The second kappa shape index (κ2) is 6.38. The number of fused-ring (bicyclic) bond motifs is 7. The van der Waals surface area contributed by atoms with E-state index >= 15 is 0 Å². The summed E-state index contributed by atoms with van der Waals surface area (Å²) in [6.45, 7) is 7.59. The average molecular weight is 425 g/mol. The number of carbonyl (C=O) groups is 1. The van der Waals surface area contributed by atoms with Crippen LogP contribution >= 0.6 is 0 Å². The van der Waals surface area contributed by atoms with Crippen molar-refractivity contribution >= 4 is 27.8 Å². The lowest BCUT2D eigenvalue weighted by Crippen LogP contribution is -2.65. The molecule has 162 valence electrons. The number of hydrogen-bond donors (Lipinski definition) is 1. The van der Waals surface area contributed by atoms with Crippen molar-refractivity contribution in [3.05, 3.63) is 77.9 Å². The molecule has 2 aliphatic rings. The molecule has 2 heterocycles. The normalized spacial score (nSPS) is 24.0. The van der Waals surface area contributed by atoms with Gasteiger partial charge in [0.05, 0.1) is 11.0 Å². The zero-order valence-corrected chi connectivity index (χ0v) is 18.8. The van der Waals surface area contributed by atoms with Gasteiger partial charge in [0.2, 0.25) is 0 Å². The third-order valence-corrected chi connectivity index (χ3v) is 8.64. The molecule has 0 spiro atoms. The first kappa shape index (κ1) is 19.4. The third-order valence-electron chi connectivity index (χ3n) is 8.64. The van der Waals surface area contributed by atoms with Gasteiger partial charge in [-0.05, 0) is 47.6 Å². The minimum atomic E-state index is -0.125. The number of aromatic hydroxyl groups is 1. The summed E-state index contributed by atoms with van der Waals surface area (Å²) in [7, 11) is 0. The van der Waals surface area contributed by atoms with Crippen LogP contribution in [-0.4, -0.2) is 33.2 Å². The maximum absolute atomic E-state index is 14.2. The fraction of sp³-hybridized carbons (Fsp3) is 0.321. The van der Waals surface area contributed by atoms with Crippen LogP contribution in [0.4, 0.5) is 4.79 Å². The standard InChI is InChI=1S/C28H28N2O2/c1-27(2)25-17-20-21(11-8-14-24(20)31)28(27,3)15-16-29(25)26(32)30-22-12-6-4-9-18(22)19-10-5-7-13-23(19)30/h4-14,25,31H,15-17H2,1-3H3/t25-,28+/m1/s1. The van der Waals surface area contributed by atoms with Gasteiger partial charge in [-0.2, -0.15) is 0 Å². The lowest BCUT2D eigenvalue weighted by Gasteiger charge is -2.60. The van der Waals surface area contributed by atoms with Gasteiger partial charge in [0.15, 0.2) is 0 Å². The summed E-state index contributed by atoms with van der Waals surface area (Å²) in [5, 5.41) is 12.9. The number of phenolic OH excluding ortho intramolecular Hbond substituents is 1. The SMILES string of the molecule is CC1(C)[C@H]2Cc3c(O)cccc3[C@]1(C)CCN2C(=O)n1c2ccccc2c2ccccc21. The Morgan fingerprint density at radius 1 is 0.906 bits per heavy atom. The molecule has 6 rings (SSSR count). The van der Waals surface area contributed by atoms with Crippen LogP contribution in [0.2, 0.25) is 0 Å². The Hall–Kier alpha value is -3.27. The van der Waals surface area contributed by atoms with Crippen LogP contribution in [-0.2, 0) is 11.8 Å². The number of carbonyl (C=O) groups excluding carboxylic acids is 1. The minimum absolute atomic E-state index is 0.00877. The smallest absolute Gasteiger partial charge is 0.329 e. The molecule has 4 heteroatoms. The highest BCUT2D eigenvalue weighted by molar-refractivity contribution is 6.13. The predicted molar refractivity (Wildman–Crippen MR) is 128 cm³/mol. The molecule has 1 aliphatic carbocycles. The van der Waals surface area contributed by atoms with Gasteiger partial charge in [0.1, 0.15) is 5.75 Å². The molecular weight excluding hydrogens is 396 g/mol. The van der Waals surface area contributed by atoms with E-state index in [0.717, 1.165) is 33.8 Å². The fourth-order valence-electron chi connectivity index (χ4n) is 6.41. The van der Waals surface area contributed by atoms with E-state index in [4.69, 9.17) is 0 Å². The first-order chi connectivity index (χ1) is 15.3. The zero-order chi connectivity index (χ0) is 22.3. The number of para-hydroxylation sites is 2. The van der Waals surface area contributed by atoms with Crippen molar-refractivity contribution in [2.24, 2.45) is 5.41 Å². The number of phenols is 1. The van der Waals surface area contributed by atoms with E-state index in [9.17, 15) is 9.90 Å². The lowest BCUT2D eigenvalue weighted by molar-refractivity contribution is -0.0155. The molecule has 0 unspecified atom stereocenters. The van der Waals surface area contributed by atoms with E-state index in [1.165, 1.54) is 5.56 Å². The number of likely N-dealkylation sites (tertiary alicyclic amines) is 1. The predicted octanol–water partition coefficient (Wildman–Crippen LogP) is 6.08. The van der Waals surface area contributed by atoms with Crippen molar-refractivity contribution in [1.29, 1.82) is 0 Å². The van der Waals surface area contributed by atoms with Gasteiger partial charge in [-0.3, -0.25) is 4.57 Å². The van der Waals surface area contributed by atoms with Crippen LogP contribution in [0.25, 0.3) is 21.8 Å². The number of hydrogen-bond acceptors (Lipinski definition) is 2. The van der Waals surface area contributed by atoms with Gasteiger partial charge in [-0.15, -0.1) is 0 Å². The highest BCUT2D eigenvalue weighted by Gasteiger charge is 2.57. The number of nitrogens with zero attached hydrogens (tertiary/aromatic N) is 2. The number of amides is 1. The molecule has 32 heavy (non-hydrogen) atoms. The minimum Gasteiger partial charge on any atom is -0.508 e. The second-order valence-corrected chi connectivity index (χ2v) is 10.2. The summed E-state index contributed by atoms with van der Waals surface area (Å²) >= 11 is 0. The van der Waals surface area contributed by atoms with Crippen molar-refractivity contribution in [2.45, 2.75) is 45.1 Å². The molecule has 0 saturated carbocycles. The fourth-order valence-corrected chi connectivity index (χ4v) is 6.41. The summed E-state index contributed by atoms with van der Waals surface area (Å²) < 4.78 is 1.89. The first-order valence-corrected chi connectivity index (χ1v) is 11.4. The molecule has 1 amide bonds. The molecule has 1 aromatic heterocycles. The number of rotatable bonds is 0. The summed E-state index contributed by atoms with van der Waals surface area (Å²) in [6, 6.07) is 22.2. The summed E-state index contributed by atoms with van der Waals surface area (Å²) in [6.07, 6.45) is 1.54. The third kappa shape index (κ3) is 2.30. The molecule has 2 bridgehead atoms. The zero-order valence-electron chi connectivity index (χ0n) is 18.8. The number of benzene rings is 3. The van der Waals surface area contributed by atoms with Crippen molar-refractivity contribution in [3.63, 3.8) is 0 Å². The molecule has 1 N–H and O–H groups in total. The van der Waals surface area contributed by atoms with Crippen LogP contribution < -0.4 is 0 Å². The van der Waals surface area contributed by atoms with E-state index < -0.39 is 0 Å². The van der Waals surface area contributed by atoms with Gasteiger partial charge >= 0.3 is 6.03 Å². The summed E-state index contributed by atoms with van der Waals surface area (Å²) in [5.74, 6) is 0.348. The van der Waals surface area contributed by atoms with Crippen LogP contribution in [0.5, 0.6) is 5.75 Å². The molecule has 4 nitrogen and oxygen atoms in total. The van der Waals surface area contributed by atoms with E-state index in [1.807, 2.05) is 47.0 Å². The second-order valence-electron chi connectivity index (χ2n) is 10.2. The summed E-state index contributed by atoms with van der Waals surface area (Å²) in [5.41, 5.74) is 3.91. The molecule has 2 atom stereocenters. The van der Waals surface area contributed by atoms with E-state index in [1.54, 1.807) is 6.07 Å². The van der Waals surface area contributed by atoms with Crippen LogP contribution in [0.3, 0.4) is 0 Å². The van der Waals surface area contributed by atoms with Crippen molar-refractivity contribution in [2.75, 3.05) is 6.54 Å². The Kier molecular flexibility index (Phi) is 3.87. The lowest BCUT2D eigenvalue weighted by atomic mass is 9.51. The van der Waals surface area contributed by atoms with Gasteiger partial charge in [-0.25, -0.2) is 4.79 Å². The van der Waals surface area contributed by atoms with E-state index in [2.05, 4.69) is 43.9 Å². The maximum atomic E-state index is 14.2. The molecule has 1 saturated heterocycles. The largest absolute Gasteiger partial charge is 0.508 e. The Balaban J connectivity index is 1.53. The quantitative estimate of drug-likeness (QED) is 0.372. The molecule has 4 aromatic rings. The molecule has 3 aromatic carbocycles. The first-order valence-electron chi connectivity index (χ1n) is 11.4. The van der Waals surface area contributed by atoms with Gasteiger partial charge in [0.25, 0.3) is 0 Å². The topological polar surface area (TPSA) is 45.5 Å². The van der Waals surface area contributed by atoms with E-state index in [-0.39, 0.29) is 22.9 Å². The highest BCUT2D eigenvalue weighted by Crippen LogP contribution is 2.57. The Morgan fingerprint density at radius 2 is 1.53 bits per heavy atom. The van der Waals surface area contributed by atoms with Gasteiger partial charge < -0.3 is 10.0 Å². The Morgan fingerprint density at radius 3 is 2.19 bits per heavy atom. The maximum Gasteiger partial charge on any atom is 0.329 e. The number of piperidine rings is 1. The van der Waals surface area contributed by atoms with E-state index in [0.29, 0.717) is 18.7 Å².